The van der Waals surface area contributed by atoms with Crippen LogP contribution in [0.3, 0.4) is 0 Å². The van der Waals surface area contributed by atoms with Gasteiger partial charge in [-0.3, -0.25) is 0 Å². The number of rotatable bonds is 9. The van der Waals surface area contributed by atoms with Gasteiger partial charge in [-0.1, -0.05) is 27.7 Å². The van der Waals surface area contributed by atoms with Gasteiger partial charge in [-0.05, 0) is 97.7 Å². The van der Waals surface area contributed by atoms with Crippen LogP contribution in [0.5, 0.6) is 0 Å². The van der Waals surface area contributed by atoms with Crippen LogP contribution in [0, 0.1) is 52.3 Å². The molecule has 64 heavy (non-hydrogen) atoms. The average Bonchev–Trinajstić information content (AvgIpc) is 3.72. The van der Waals surface area contributed by atoms with E-state index >= 15 is 0 Å². The van der Waals surface area contributed by atoms with Crippen LogP contribution in [0.2, 0.25) is 0 Å². The lowest BCUT2D eigenvalue weighted by Gasteiger charge is -2.62. The normalized spacial score (nSPS) is 58.6. The van der Waals surface area contributed by atoms with E-state index in [1.807, 2.05) is 0 Å². The van der Waals surface area contributed by atoms with Gasteiger partial charge in [0.05, 0.1) is 44.7 Å². The van der Waals surface area contributed by atoms with Crippen molar-refractivity contribution in [1.29, 1.82) is 0 Å². The maximum absolute atomic E-state index is 11.8. The lowest BCUT2D eigenvalue weighted by Crippen LogP contribution is -2.67. The minimum atomic E-state index is -1.91. The van der Waals surface area contributed by atoms with Gasteiger partial charge in [0.2, 0.25) is 0 Å². The van der Waals surface area contributed by atoms with Gasteiger partial charge in [-0.2, -0.15) is 0 Å². The molecule has 0 aromatic heterocycles. The molecule has 4 aliphatic carbocycles. The fourth-order valence-electron chi connectivity index (χ4n) is 14.7. The molecular weight excluding hydrogens is 844 g/mol. The Bertz CT molecular complexity index is 1600. The van der Waals surface area contributed by atoms with Crippen molar-refractivity contribution in [3.8, 4) is 0 Å². The molecule has 5 saturated heterocycles. The first-order chi connectivity index (χ1) is 30.4. The van der Waals surface area contributed by atoms with Crippen molar-refractivity contribution < 1.29 is 94.1 Å². The van der Waals surface area contributed by atoms with E-state index in [2.05, 4.69) is 27.7 Å². The molecule has 0 aromatic carbocycles. The van der Waals surface area contributed by atoms with Gasteiger partial charge >= 0.3 is 0 Å². The summed E-state index contributed by atoms with van der Waals surface area (Å²) in [5, 5.41) is 118. The maximum atomic E-state index is 11.8. The SMILES string of the molecule is C[C@@H]1CC[C@@]2(OC1)O[C@H]1C[C@H]3[C@@H]4CC[C@H]5C[C@@H](O[C@@H]6O[C@H](CO)[C@H](O[C@@H]7O[C@H](CO)[C@@H](O)[C@H](O)[C@H]7O[C@@H]7O[C@H](CO)[C@@H](O)[C@H](O)[C@H]7O)[C@H](O)[C@H]6O)[C@H](O)C[C@]5(C)[C@H]4CC[C@]3(C)[C@H]1[C@@H]2C. The number of hydrogen-bond donors (Lipinski definition) is 11. The Labute approximate surface area is 373 Å². The third-order valence-electron chi connectivity index (χ3n) is 18.3. The number of hydrogen-bond acceptors (Lipinski definition) is 19. The zero-order valence-corrected chi connectivity index (χ0v) is 37.3. The second-order valence-electron chi connectivity index (χ2n) is 21.7. The highest BCUT2D eigenvalue weighted by Crippen LogP contribution is 2.71. The molecule has 19 heteroatoms. The summed E-state index contributed by atoms with van der Waals surface area (Å²) in [6.45, 7) is 7.85. The van der Waals surface area contributed by atoms with Crippen molar-refractivity contribution in [3.05, 3.63) is 0 Å². The van der Waals surface area contributed by atoms with Crippen molar-refractivity contribution in [2.24, 2.45) is 52.3 Å². The van der Waals surface area contributed by atoms with Gasteiger partial charge in [-0.15, -0.1) is 0 Å². The van der Waals surface area contributed by atoms with E-state index in [9.17, 15) is 56.2 Å². The Hall–Kier alpha value is -0.760. The van der Waals surface area contributed by atoms with E-state index in [1.54, 1.807) is 0 Å². The summed E-state index contributed by atoms with van der Waals surface area (Å²) in [5.74, 6) is 2.57. The summed E-state index contributed by atoms with van der Waals surface area (Å²) in [5.41, 5.74) is 0.0147. The van der Waals surface area contributed by atoms with Gasteiger partial charge < -0.3 is 94.1 Å². The van der Waals surface area contributed by atoms with E-state index in [0.29, 0.717) is 48.3 Å². The molecule has 0 aromatic rings. The first-order valence-corrected chi connectivity index (χ1v) is 23.9. The second kappa shape index (κ2) is 18.2. The Morgan fingerprint density at radius 2 is 1.19 bits per heavy atom. The Balaban J connectivity index is 0.848. The summed E-state index contributed by atoms with van der Waals surface area (Å²) in [6, 6.07) is 0. The van der Waals surface area contributed by atoms with Crippen molar-refractivity contribution >= 4 is 0 Å². The maximum Gasteiger partial charge on any atom is 0.187 e. The van der Waals surface area contributed by atoms with Gasteiger partial charge in [0.1, 0.15) is 73.2 Å². The summed E-state index contributed by atoms with van der Waals surface area (Å²) >= 11 is 0. The van der Waals surface area contributed by atoms with Gasteiger partial charge in [0.25, 0.3) is 0 Å². The summed E-state index contributed by atoms with van der Waals surface area (Å²) in [7, 11) is 0. The van der Waals surface area contributed by atoms with E-state index in [-0.39, 0.29) is 22.9 Å². The zero-order valence-electron chi connectivity index (χ0n) is 37.3. The van der Waals surface area contributed by atoms with Gasteiger partial charge in [0.15, 0.2) is 24.7 Å². The van der Waals surface area contributed by atoms with Crippen LogP contribution >= 0.6 is 0 Å². The third kappa shape index (κ3) is 7.85. The number of aliphatic hydroxyl groups is 11. The first kappa shape index (κ1) is 48.3. The highest BCUT2D eigenvalue weighted by Gasteiger charge is 2.69. The highest BCUT2D eigenvalue weighted by atomic mass is 16.8. The molecule has 4 saturated carbocycles. The largest absolute Gasteiger partial charge is 0.394 e. The molecular formula is C45H74O19. The predicted molar refractivity (Wildman–Crippen MR) is 217 cm³/mol. The van der Waals surface area contributed by atoms with Crippen molar-refractivity contribution in [3.63, 3.8) is 0 Å². The molecule has 0 bridgehead atoms. The molecule has 0 radical (unpaired) electrons. The molecule has 9 fully saturated rings. The highest BCUT2D eigenvalue weighted by molar-refractivity contribution is 5.16. The van der Waals surface area contributed by atoms with Crippen LogP contribution in [0.15, 0.2) is 0 Å². The molecule has 28 atom stereocenters. The first-order valence-electron chi connectivity index (χ1n) is 23.9. The molecule has 9 aliphatic rings. The quantitative estimate of drug-likeness (QED) is 0.114. The van der Waals surface area contributed by atoms with E-state index in [4.69, 9.17) is 37.9 Å². The lowest BCUT2D eigenvalue weighted by molar-refractivity contribution is -0.391. The molecule has 19 nitrogen and oxygen atoms in total. The number of aliphatic hydroxyl groups excluding tert-OH is 11. The van der Waals surface area contributed by atoms with E-state index in [1.165, 1.54) is 0 Å². The monoisotopic (exact) mass is 918 g/mol. The second-order valence-corrected chi connectivity index (χ2v) is 21.7. The molecule has 11 N–H and O–H groups in total. The van der Waals surface area contributed by atoms with Crippen LogP contribution in [-0.4, -0.2) is 199 Å². The van der Waals surface area contributed by atoms with Crippen LogP contribution in [-0.2, 0) is 37.9 Å². The molecule has 1 spiro atoms. The minimum Gasteiger partial charge on any atom is -0.394 e. The van der Waals surface area contributed by atoms with Crippen LogP contribution in [0.1, 0.15) is 85.5 Å². The summed E-state index contributed by atoms with van der Waals surface area (Å²) < 4.78 is 48.7. The van der Waals surface area contributed by atoms with Crippen LogP contribution in [0.4, 0.5) is 0 Å². The topological polar surface area (TPSA) is 296 Å². The summed E-state index contributed by atoms with van der Waals surface area (Å²) in [6.07, 6.45) is -18.5. The molecule has 368 valence electrons. The molecule has 0 unspecified atom stereocenters. The third-order valence-corrected chi connectivity index (χ3v) is 18.3. The van der Waals surface area contributed by atoms with E-state index < -0.39 is 130 Å². The Morgan fingerprint density at radius 1 is 0.578 bits per heavy atom. The smallest absolute Gasteiger partial charge is 0.187 e. The van der Waals surface area contributed by atoms with E-state index in [0.717, 1.165) is 51.6 Å². The molecule has 0 amide bonds. The molecule has 5 heterocycles. The van der Waals surface area contributed by atoms with Crippen LogP contribution in [0.25, 0.3) is 0 Å². The fraction of sp³-hybridized carbons (Fsp3) is 1.00. The van der Waals surface area contributed by atoms with Crippen molar-refractivity contribution in [2.45, 2.75) is 202 Å². The summed E-state index contributed by atoms with van der Waals surface area (Å²) in [4.78, 5) is 0. The van der Waals surface area contributed by atoms with Gasteiger partial charge in [0, 0.05) is 12.3 Å². The van der Waals surface area contributed by atoms with Crippen molar-refractivity contribution in [1.82, 2.24) is 0 Å². The Morgan fingerprint density at radius 3 is 1.86 bits per heavy atom. The van der Waals surface area contributed by atoms with Crippen LogP contribution < -0.4 is 0 Å². The molecule has 5 aliphatic heterocycles. The van der Waals surface area contributed by atoms with Crippen molar-refractivity contribution in [2.75, 3.05) is 26.4 Å². The zero-order chi connectivity index (χ0) is 45.8. The van der Waals surface area contributed by atoms with Gasteiger partial charge in [-0.25, -0.2) is 0 Å². The fourth-order valence-corrected chi connectivity index (χ4v) is 14.7. The predicted octanol–water partition coefficient (Wildman–Crippen LogP) is -1.76. The number of fused-ring (bicyclic) bond motifs is 7. The molecule has 9 rings (SSSR count). The number of ether oxygens (including phenoxy) is 8. The standard InChI is InChI=1S/C45H74O19/c1-18-7-10-45(57-17-18)19(2)30-26(64-45)12-23-21-6-5-20-11-25(24(49)13-44(20,4)22(21)8-9-43(23,30)3)58-40-37(56)35(54)38(29(16-48)61-40)62-42-39(34(53)32(51)28(15-47)60-42)63-41-36(55)33(52)31(50)27(14-46)59-41/h18-42,46-56H,5-17H2,1-4H3/t18-,19+,20+,21-,22+,23+,24-,25-,26+,27-,28-,29-,30+,31-,32-,33+,34+,35-,36-,37-,38+,39-,40-,41+,42+,43+,44+,45-/m1/s1. The lowest BCUT2D eigenvalue weighted by atomic mass is 9.44. The average molecular weight is 919 g/mol. The Kier molecular flexibility index (Phi) is 13.7. The minimum absolute atomic E-state index is 0.144.